The van der Waals surface area contributed by atoms with Crippen LogP contribution in [-0.2, 0) is 0 Å². The lowest BCUT2D eigenvalue weighted by atomic mass is 10.1. The van der Waals surface area contributed by atoms with Crippen LogP contribution in [-0.4, -0.2) is 37.9 Å². The van der Waals surface area contributed by atoms with Gasteiger partial charge in [-0.1, -0.05) is 0 Å². The van der Waals surface area contributed by atoms with E-state index in [1.54, 1.807) is 0 Å². The highest BCUT2D eigenvalue weighted by Crippen LogP contribution is 2.16. The molecule has 1 aromatic carbocycles. The molecule has 1 heterocycles. The quantitative estimate of drug-likeness (QED) is 0.759. The number of thiophene rings is 1. The van der Waals surface area contributed by atoms with Crippen LogP contribution in [0.1, 0.15) is 15.9 Å². The Hall–Kier alpha value is -1.65. The molecule has 0 saturated carbocycles. The largest absolute Gasteiger partial charge is 0.492 e. The standard InChI is InChI=1S/C15H17NO2S/c1-16(2)8-9-18-14-5-3-12(4-6-14)15(17)13-7-10-19-11-13/h3-7,10-11H,8-9H2,1-2H3. The molecule has 1 aromatic heterocycles. The molecule has 19 heavy (non-hydrogen) atoms. The zero-order valence-electron chi connectivity index (χ0n) is 11.1. The summed E-state index contributed by atoms with van der Waals surface area (Å²) in [7, 11) is 4.01. The Kier molecular flexibility index (Phi) is 4.71. The van der Waals surface area contributed by atoms with Gasteiger partial charge in [0.1, 0.15) is 12.4 Å². The van der Waals surface area contributed by atoms with Gasteiger partial charge in [0.05, 0.1) is 0 Å². The maximum atomic E-state index is 12.1. The number of rotatable bonds is 6. The molecular formula is C15H17NO2S. The highest BCUT2D eigenvalue weighted by molar-refractivity contribution is 7.08. The topological polar surface area (TPSA) is 29.5 Å². The van der Waals surface area contributed by atoms with Gasteiger partial charge >= 0.3 is 0 Å². The number of carbonyl (C=O) groups excluding carboxylic acids is 1. The van der Waals surface area contributed by atoms with Crippen molar-refractivity contribution in [3.8, 4) is 5.75 Å². The first-order valence-electron chi connectivity index (χ1n) is 6.11. The van der Waals surface area contributed by atoms with E-state index in [0.29, 0.717) is 12.2 Å². The molecule has 0 aliphatic carbocycles. The molecule has 3 nitrogen and oxygen atoms in total. The van der Waals surface area contributed by atoms with E-state index >= 15 is 0 Å². The van der Waals surface area contributed by atoms with Crippen LogP contribution < -0.4 is 4.74 Å². The van der Waals surface area contributed by atoms with E-state index in [2.05, 4.69) is 4.90 Å². The Morgan fingerprint density at radius 3 is 2.47 bits per heavy atom. The number of hydrogen-bond donors (Lipinski definition) is 0. The van der Waals surface area contributed by atoms with Crippen LogP contribution >= 0.6 is 11.3 Å². The first-order chi connectivity index (χ1) is 9.16. The molecule has 0 atom stereocenters. The summed E-state index contributed by atoms with van der Waals surface area (Å²) < 4.78 is 5.59. The SMILES string of the molecule is CN(C)CCOc1ccc(C(=O)c2ccsc2)cc1. The van der Waals surface area contributed by atoms with Crippen molar-refractivity contribution >= 4 is 17.1 Å². The highest BCUT2D eigenvalue weighted by atomic mass is 32.1. The molecule has 0 spiro atoms. The maximum Gasteiger partial charge on any atom is 0.193 e. The smallest absolute Gasteiger partial charge is 0.193 e. The third-order valence-electron chi connectivity index (χ3n) is 2.71. The molecule has 0 saturated heterocycles. The zero-order valence-corrected chi connectivity index (χ0v) is 11.9. The molecule has 0 N–H and O–H groups in total. The highest BCUT2D eigenvalue weighted by Gasteiger charge is 2.09. The van der Waals surface area contributed by atoms with Crippen LogP contribution in [0.25, 0.3) is 0 Å². The van der Waals surface area contributed by atoms with E-state index < -0.39 is 0 Å². The summed E-state index contributed by atoms with van der Waals surface area (Å²) in [6.45, 7) is 1.51. The van der Waals surface area contributed by atoms with Crippen molar-refractivity contribution in [3.05, 3.63) is 52.2 Å². The van der Waals surface area contributed by atoms with Gasteiger partial charge in [0.2, 0.25) is 0 Å². The van der Waals surface area contributed by atoms with Crippen LogP contribution in [0.15, 0.2) is 41.1 Å². The molecule has 0 bridgehead atoms. The van der Waals surface area contributed by atoms with Gasteiger partial charge in [-0.2, -0.15) is 11.3 Å². The zero-order chi connectivity index (χ0) is 13.7. The molecule has 0 unspecified atom stereocenters. The molecule has 0 aliphatic rings. The van der Waals surface area contributed by atoms with Crippen LogP contribution in [0.5, 0.6) is 5.75 Å². The lowest BCUT2D eigenvalue weighted by Crippen LogP contribution is -2.19. The van der Waals surface area contributed by atoms with Gasteiger partial charge in [0.25, 0.3) is 0 Å². The number of ether oxygens (including phenoxy) is 1. The van der Waals surface area contributed by atoms with Crippen LogP contribution in [0, 0.1) is 0 Å². The molecule has 2 rings (SSSR count). The lowest BCUT2D eigenvalue weighted by molar-refractivity contribution is 0.103. The van der Waals surface area contributed by atoms with E-state index in [1.807, 2.05) is 55.2 Å². The van der Waals surface area contributed by atoms with Crippen molar-refractivity contribution in [2.24, 2.45) is 0 Å². The van der Waals surface area contributed by atoms with Gasteiger partial charge in [0, 0.05) is 23.1 Å². The molecule has 4 heteroatoms. The first-order valence-corrected chi connectivity index (χ1v) is 7.05. The van der Waals surface area contributed by atoms with Crippen molar-refractivity contribution in [2.45, 2.75) is 0 Å². The second-order valence-electron chi connectivity index (χ2n) is 4.52. The summed E-state index contributed by atoms with van der Waals surface area (Å²) in [4.78, 5) is 14.1. The molecule has 0 radical (unpaired) electrons. The minimum absolute atomic E-state index is 0.0566. The second-order valence-corrected chi connectivity index (χ2v) is 5.30. The Morgan fingerprint density at radius 1 is 1.16 bits per heavy atom. The summed E-state index contributed by atoms with van der Waals surface area (Å²) in [6, 6.07) is 9.15. The lowest BCUT2D eigenvalue weighted by Gasteiger charge is -2.11. The van der Waals surface area contributed by atoms with Crippen LogP contribution in [0.3, 0.4) is 0 Å². The molecule has 100 valence electrons. The number of nitrogens with zero attached hydrogens (tertiary/aromatic N) is 1. The fourth-order valence-electron chi connectivity index (χ4n) is 1.61. The number of benzene rings is 1. The number of carbonyl (C=O) groups is 1. The van der Waals surface area contributed by atoms with E-state index in [4.69, 9.17) is 4.74 Å². The number of likely N-dealkylation sites (N-methyl/N-ethyl adjacent to an activating group) is 1. The monoisotopic (exact) mass is 275 g/mol. The average molecular weight is 275 g/mol. The minimum atomic E-state index is 0.0566. The van der Waals surface area contributed by atoms with Crippen molar-refractivity contribution < 1.29 is 9.53 Å². The van der Waals surface area contributed by atoms with Gasteiger partial charge < -0.3 is 9.64 Å². The van der Waals surface area contributed by atoms with Crippen molar-refractivity contribution in [3.63, 3.8) is 0 Å². The van der Waals surface area contributed by atoms with E-state index in [1.165, 1.54) is 11.3 Å². The third-order valence-corrected chi connectivity index (χ3v) is 3.39. The Labute approximate surface area is 117 Å². The Balaban J connectivity index is 1.96. The molecule has 0 fully saturated rings. The summed E-state index contributed by atoms with van der Waals surface area (Å²) in [5.41, 5.74) is 1.43. The fourth-order valence-corrected chi connectivity index (χ4v) is 2.24. The first kappa shape index (κ1) is 13.8. The molecule has 2 aromatic rings. The molecule has 0 amide bonds. The summed E-state index contributed by atoms with van der Waals surface area (Å²) in [5, 5.41) is 3.77. The Morgan fingerprint density at radius 2 is 1.89 bits per heavy atom. The average Bonchev–Trinajstić information content (AvgIpc) is 2.92. The molecular weight excluding hydrogens is 258 g/mol. The predicted octanol–water partition coefficient (Wildman–Crippen LogP) is 2.92. The van der Waals surface area contributed by atoms with E-state index in [9.17, 15) is 4.79 Å². The van der Waals surface area contributed by atoms with Crippen LogP contribution in [0.4, 0.5) is 0 Å². The maximum absolute atomic E-state index is 12.1. The summed E-state index contributed by atoms with van der Waals surface area (Å²) >= 11 is 1.53. The number of hydrogen-bond acceptors (Lipinski definition) is 4. The van der Waals surface area contributed by atoms with Crippen molar-refractivity contribution in [1.29, 1.82) is 0 Å². The predicted molar refractivity (Wildman–Crippen MR) is 78.2 cm³/mol. The van der Waals surface area contributed by atoms with Gasteiger partial charge in [-0.05, 0) is 49.8 Å². The van der Waals surface area contributed by atoms with Crippen molar-refractivity contribution in [1.82, 2.24) is 4.90 Å². The van der Waals surface area contributed by atoms with E-state index in [0.717, 1.165) is 17.9 Å². The second kappa shape index (κ2) is 6.50. The normalized spacial score (nSPS) is 10.7. The van der Waals surface area contributed by atoms with Crippen LogP contribution in [0.2, 0.25) is 0 Å². The van der Waals surface area contributed by atoms with Gasteiger partial charge in [-0.25, -0.2) is 0 Å². The Bertz CT molecular complexity index is 518. The summed E-state index contributed by atoms with van der Waals surface area (Å²) in [5.74, 6) is 0.852. The summed E-state index contributed by atoms with van der Waals surface area (Å²) in [6.07, 6.45) is 0. The minimum Gasteiger partial charge on any atom is -0.492 e. The van der Waals surface area contributed by atoms with Gasteiger partial charge in [-0.3, -0.25) is 4.79 Å². The fraction of sp³-hybridized carbons (Fsp3) is 0.267. The van der Waals surface area contributed by atoms with Gasteiger partial charge in [0.15, 0.2) is 5.78 Å². The molecule has 0 aliphatic heterocycles. The van der Waals surface area contributed by atoms with E-state index in [-0.39, 0.29) is 5.78 Å². The van der Waals surface area contributed by atoms with Gasteiger partial charge in [-0.15, -0.1) is 0 Å². The van der Waals surface area contributed by atoms with Crippen molar-refractivity contribution in [2.75, 3.05) is 27.2 Å². The number of ketones is 1. The third kappa shape index (κ3) is 3.91.